The fraction of sp³-hybridized carbons (Fsp3) is 0.458. The van der Waals surface area contributed by atoms with Crippen LogP contribution in [0, 0.1) is 21.2 Å². The maximum absolute atomic E-state index is 14.1. The largest absolute Gasteiger partial charge is 0.206 e. The van der Waals surface area contributed by atoms with E-state index in [0.29, 0.717) is 5.92 Å². The van der Waals surface area contributed by atoms with Gasteiger partial charge in [0.2, 0.25) is 0 Å². The van der Waals surface area contributed by atoms with Crippen LogP contribution in [0.1, 0.15) is 63.9 Å². The minimum Gasteiger partial charge on any atom is -0.206 e. The Labute approximate surface area is 168 Å². The maximum atomic E-state index is 14.1. The molecule has 1 aliphatic rings. The predicted octanol–water partition coefficient (Wildman–Crippen LogP) is 7.78. The molecule has 0 bridgehead atoms. The Morgan fingerprint density at radius 2 is 1.69 bits per heavy atom. The van der Waals surface area contributed by atoms with E-state index in [2.05, 4.69) is 42.6 Å². The number of halogens is 2. The van der Waals surface area contributed by atoms with E-state index < -0.39 is 20.7 Å². The van der Waals surface area contributed by atoms with Gasteiger partial charge in [-0.25, -0.2) is 4.39 Å². The highest BCUT2D eigenvalue weighted by molar-refractivity contribution is 14.2. The Morgan fingerprint density at radius 1 is 1.04 bits per heavy atom. The van der Waals surface area contributed by atoms with Crippen LogP contribution < -0.4 is 0 Å². The average molecular weight is 464 g/mol. The van der Waals surface area contributed by atoms with E-state index in [0.717, 1.165) is 26.5 Å². The second-order valence-corrected chi connectivity index (χ2v) is 9.69. The predicted molar refractivity (Wildman–Crippen MR) is 120 cm³/mol. The molecular formula is C24H30FI. The zero-order valence-electron chi connectivity index (χ0n) is 16.0. The highest BCUT2D eigenvalue weighted by Crippen LogP contribution is 2.40. The third kappa shape index (κ3) is 4.62. The molecule has 0 N–H and O–H groups in total. The number of hydrogen-bond donors (Lipinski definition) is 0. The molecule has 1 fully saturated rings. The van der Waals surface area contributed by atoms with Crippen LogP contribution in [0.2, 0.25) is 0 Å². The molecule has 1 saturated carbocycles. The van der Waals surface area contributed by atoms with Gasteiger partial charge in [0.05, 0.1) is 0 Å². The molecule has 0 nitrogen and oxygen atoms in total. The Kier molecular flexibility index (Phi) is 7.02. The molecule has 0 aromatic heterocycles. The monoisotopic (exact) mass is 464 g/mol. The molecule has 1 unspecified atom stereocenters. The van der Waals surface area contributed by atoms with Crippen LogP contribution in [0.5, 0.6) is 0 Å². The van der Waals surface area contributed by atoms with Gasteiger partial charge in [0.25, 0.3) is 0 Å². The maximum Gasteiger partial charge on any atom is 0.136 e. The topological polar surface area (TPSA) is 0 Å². The van der Waals surface area contributed by atoms with Gasteiger partial charge in [-0.15, -0.1) is 0 Å². The zero-order chi connectivity index (χ0) is 18.5. The van der Waals surface area contributed by atoms with Gasteiger partial charge in [0, 0.05) is 3.57 Å². The Bertz CT molecular complexity index is 726. The van der Waals surface area contributed by atoms with Crippen molar-refractivity contribution in [1.29, 1.82) is 0 Å². The van der Waals surface area contributed by atoms with E-state index >= 15 is 0 Å². The first-order chi connectivity index (χ1) is 12.6. The molecule has 0 amide bonds. The Hall–Kier alpha value is -1.03. The van der Waals surface area contributed by atoms with Crippen molar-refractivity contribution in [3.63, 3.8) is 0 Å². The molecule has 2 heteroatoms. The van der Waals surface area contributed by atoms with Crippen LogP contribution in [-0.4, -0.2) is 4.51 Å². The molecule has 0 heterocycles. The summed E-state index contributed by atoms with van der Waals surface area (Å²) in [5.74, 6) is 2.39. The second kappa shape index (κ2) is 9.25. The standard InChI is InChI=1S/C24H30FI/c1-4-5-17(2)18-6-8-19(9-7-18)20-10-12-21(13-11-20)22-14-15-24(26-3)23(25)16-22/h10-19H,3-9H2,1-2H3. The lowest BCUT2D eigenvalue weighted by molar-refractivity contribution is 0.235. The lowest BCUT2D eigenvalue weighted by Gasteiger charge is -2.32. The van der Waals surface area contributed by atoms with E-state index in [9.17, 15) is 4.39 Å². The summed E-state index contributed by atoms with van der Waals surface area (Å²) in [5.41, 5.74) is 3.52. The average Bonchev–Trinajstić information content (AvgIpc) is 2.68. The fourth-order valence-corrected chi connectivity index (χ4v) is 5.40. The summed E-state index contributed by atoms with van der Waals surface area (Å²) in [6.45, 7) is 4.73. The van der Waals surface area contributed by atoms with Crippen LogP contribution in [-0.2, 0) is 0 Å². The number of rotatable bonds is 6. The van der Waals surface area contributed by atoms with Gasteiger partial charge in [-0.2, -0.15) is 0 Å². The molecule has 0 saturated heterocycles. The molecule has 3 rings (SSSR count). The second-order valence-electron chi connectivity index (χ2n) is 7.76. The van der Waals surface area contributed by atoms with Crippen LogP contribution >= 0.6 is 20.7 Å². The van der Waals surface area contributed by atoms with Crippen LogP contribution in [0.4, 0.5) is 4.39 Å². The molecule has 140 valence electrons. The van der Waals surface area contributed by atoms with Gasteiger partial charge in [-0.3, -0.25) is 0 Å². The van der Waals surface area contributed by atoms with E-state index in [1.807, 2.05) is 12.1 Å². The van der Waals surface area contributed by atoms with Gasteiger partial charge in [0.1, 0.15) is 5.82 Å². The summed E-state index contributed by atoms with van der Waals surface area (Å²) in [5, 5.41) is 0. The summed E-state index contributed by atoms with van der Waals surface area (Å²) < 4.78 is 18.7. The lowest BCUT2D eigenvalue weighted by atomic mass is 9.73. The van der Waals surface area contributed by atoms with Crippen molar-refractivity contribution >= 4 is 25.2 Å². The van der Waals surface area contributed by atoms with Crippen molar-refractivity contribution in [3.05, 3.63) is 57.4 Å². The minimum atomic E-state index is -0.446. The molecule has 26 heavy (non-hydrogen) atoms. The van der Waals surface area contributed by atoms with Gasteiger partial charge in [-0.1, -0.05) is 82.3 Å². The van der Waals surface area contributed by atoms with Crippen molar-refractivity contribution < 1.29 is 4.39 Å². The Balaban J connectivity index is 1.65. The van der Waals surface area contributed by atoms with Gasteiger partial charge in [-0.05, 0) is 72.3 Å². The lowest BCUT2D eigenvalue weighted by Crippen LogP contribution is -2.19. The molecular weight excluding hydrogens is 434 g/mol. The highest BCUT2D eigenvalue weighted by Gasteiger charge is 2.25. The van der Waals surface area contributed by atoms with Crippen LogP contribution in [0.3, 0.4) is 0 Å². The summed E-state index contributed by atoms with van der Waals surface area (Å²) in [6, 6.07) is 14.4. The van der Waals surface area contributed by atoms with Crippen LogP contribution in [0.15, 0.2) is 42.5 Å². The van der Waals surface area contributed by atoms with Gasteiger partial charge in [0.15, 0.2) is 0 Å². The van der Waals surface area contributed by atoms with Gasteiger partial charge < -0.3 is 0 Å². The first kappa shape index (κ1) is 19.7. The van der Waals surface area contributed by atoms with Crippen molar-refractivity contribution in [1.82, 2.24) is 0 Å². The molecule has 2 aromatic rings. The SMILES string of the molecule is C=Ic1ccc(-c2ccc(C3CCC(C(C)CCC)CC3)cc2)cc1F. The van der Waals surface area contributed by atoms with Crippen molar-refractivity contribution in [3.8, 4) is 11.1 Å². The van der Waals surface area contributed by atoms with E-state index in [4.69, 9.17) is 0 Å². The molecule has 0 aliphatic heterocycles. The quantitative estimate of drug-likeness (QED) is 0.383. The molecule has 2 aromatic carbocycles. The number of hydrogen-bond acceptors (Lipinski definition) is 0. The minimum absolute atomic E-state index is 0.103. The summed E-state index contributed by atoms with van der Waals surface area (Å²) in [6.07, 6.45) is 8.04. The van der Waals surface area contributed by atoms with Crippen molar-refractivity contribution in [2.75, 3.05) is 0 Å². The molecule has 0 radical (unpaired) electrons. The molecule has 1 atom stereocenters. The Morgan fingerprint density at radius 3 is 2.27 bits per heavy atom. The van der Waals surface area contributed by atoms with E-state index in [1.54, 1.807) is 6.07 Å². The third-order valence-corrected chi connectivity index (χ3v) is 7.80. The summed E-state index contributed by atoms with van der Waals surface area (Å²) in [4.78, 5) is 0. The zero-order valence-corrected chi connectivity index (χ0v) is 18.1. The molecule has 1 aliphatic carbocycles. The van der Waals surface area contributed by atoms with Crippen molar-refractivity contribution in [2.45, 2.75) is 58.3 Å². The van der Waals surface area contributed by atoms with E-state index in [1.165, 1.54) is 44.1 Å². The normalized spacial score (nSPS) is 21.5. The summed E-state index contributed by atoms with van der Waals surface area (Å²) >= 11 is -0.446. The fourth-order valence-electron chi connectivity index (χ4n) is 4.44. The van der Waals surface area contributed by atoms with E-state index in [-0.39, 0.29) is 5.82 Å². The smallest absolute Gasteiger partial charge is 0.136 e. The first-order valence-electron chi connectivity index (χ1n) is 9.90. The first-order valence-corrected chi connectivity index (χ1v) is 12.5. The highest BCUT2D eigenvalue weighted by atomic mass is 127. The van der Waals surface area contributed by atoms with Crippen molar-refractivity contribution in [2.24, 2.45) is 11.8 Å². The molecule has 0 spiro atoms. The van der Waals surface area contributed by atoms with Gasteiger partial charge >= 0.3 is 0 Å². The third-order valence-electron chi connectivity index (χ3n) is 6.10. The van der Waals surface area contributed by atoms with Crippen LogP contribution in [0.25, 0.3) is 11.1 Å². The summed E-state index contributed by atoms with van der Waals surface area (Å²) in [7, 11) is 0. The number of benzene rings is 2.